The summed E-state index contributed by atoms with van der Waals surface area (Å²) in [6.07, 6.45) is 3.10. The smallest absolute Gasteiger partial charge is 0.349 e. The van der Waals surface area contributed by atoms with Crippen molar-refractivity contribution in [3.05, 3.63) is 44.7 Å². The summed E-state index contributed by atoms with van der Waals surface area (Å²) in [6, 6.07) is 7.17. The molecule has 2 aromatic rings. The van der Waals surface area contributed by atoms with Crippen molar-refractivity contribution < 1.29 is 9.21 Å². The van der Waals surface area contributed by atoms with Crippen LogP contribution in [0, 0.1) is 0 Å². The molecule has 0 bridgehead atoms. The van der Waals surface area contributed by atoms with Gasteiger partial charge in [-0.15, -0.1) is 0 Å². The van der Waals surface area contributed by atoms with Gasteiger partial charge in [-0.3, -0.25) is 4.79 Å². The predicted octanol–water partition coefficient (Wildman–Crippen LogP) is 3.57. The molecular formula is C16H16BrNO3. The molecule has 0 saturated carbocycles. The van der Waals surface area contributed by atoms with Gasteiger partial charge in [-0.25, -0.2) is 4.79 Å². The highest BCUT2D eigenvalue weighted by Crippen LogP contribution is 2.22. The fraction of sp³-hybridized carbons (Fsp3) is 0.375. The second kappa shape index (κ2) is 5.64. The molecule has 1 amide bonds. The van der Waals surface area contributed by atoms with Gasteiger partial charge in [0.05, 0.1) is 0 Å². The Bertz CT molecular complexity index is 753. The van der Waals surface area contributed by atoms with Crippen LogP contribution >= 0.6 is 15.9 Å². The zero-order valence-corrected chi connectivity index (χ0v) is 13.4. The van der Waals surface area contributed by atoms with Crippen LogP contribution < -0.4 is 5.63 Å². The molecular weight excluding hydrogens is 334 g/mol. The van der Waals surface area contributed by atoms with Gasteiger partial charge in [0.25, 0.3) is 5.91 Å². The summed E-state index contributed by atoms with van der Waals surface area (Å²) in [6.45, 7) is 2.73. The van der Waals surface area contributed by atoms with Gasteiger partial charge in [-0.1, -0.05) is 15.9 Å². The number of halogens is 1. The van der Waals surface area contributed by atoms with Gasteiger partial charge in [0.1, 0.15) is 11.1 Å². The van der Waals surface area contributed by atoms with E-state index in [2.05, 4.69) is 15.9 Å². The third-order valence-corrected chi connectivity index (χ3v) is 4.48. The summed E-state index contributed by atoms with van der Waals surface area (Å²) in [7, 11) is 0. The molecule has 1 aliphatic rings. The zero-order chi connectivity index (χ0) is 15.0. The Kier molecular flexibility index (Phi) is 3.85. The highest BCUT2D eigenvalue weighted by atomic mass is 79.9. The lowest BCUT2D eigenvalue weighted by atomic mass is 10.0. The number of likely N-dealkylation sites (tertiary alicyclic amines) is 1. The fourth-order valence-electron chi connectivity index (χ4n) is 2.80. The van der Waals surface area contributed by atoms with Crippen molar-refractivity contribution in [1.82, 2.24) is 4.90 Å². The first-order chi connectivity index (χ1) is 10.1. The fourth-order valence-corrected chi connectivity index (χ4v) is 3.18. The number of benzene rings is 1. The molecule has 1 aromatic carbocycles. The van der Waals surface area contributed by atoms with Crippen LogP contribution in [0.1, 0.15) is 36.5 Å². The van der Waals surface area contributed by atoms with Crippen molar-refractivity contribution >= 4 is 32.8 Å². The normalized spacial score (nSPS) is 19.0. The van der Waals surface area contributed by atoms with E-state index >= 15 is 0 Å². The topological polar surface area (TPSA) is 50.5 Å². The minimum absolute atomic E-state index is 0.120. The minimum Gasteiger partial charge on any atom is -0.422 e. The van der Waals surface area contributed by atoms with Gasteiger partial charge in [0.2, 0.25) is 0 Å². The number of carbonyl (C=O) groups is 1. The van der Waals surface area contributed by atoms with Crippen LogP contribution in [0.3, 0.4) is 0 Å². The zero-order valence-electron chi connectivity index (χ0n) is 11.8. The Labute approximate surface area is 130 Å². The molecule has 1 aliphatic heterocycles. The monoisotopic (exact) mass is 349 g/mol. The SMILES string of the molecule is CC1CCCCN1C(=O)c1cc2cc(Br)ccc2oc1=O. The number of carbonyl (C=O) groups excluding carboxylic acids is 1. The molecule has 0 N–H and O–H groups in total. The van der Waals surface area contributed by atoms with Crippen molar-refractivity contribution in [2.75, 3.05) is 6.54 Å². The molecule has 5 heteroatoms. The average molecular weight is 350 g/mol. The maximum absolute atomic E-state index is 12.6. The quantitative estimate of drug-likeness (QED) is 0.739. The largest absolute Gasteiger partial charge is 0.422 e. The van der Waals surface area contributed by atoms with E-state index in [1.54, 1.807) is 23.1 Å². The van der Waals surface area contributed by atoms with Crippen LogP contribution in [0.25, 0.3) is 11.0 Å². The summed E-state index contributed by atoms with van der Waals surface area (Å²) in [5, 5.41) is 0.747. The molecule has 0 radical (unpaired) electrons. The van der Waals surface area contributed by atoms with Gasteiger partial charge in [0.15, 0.2) is 0 Å². The summed E-state index contributed by atoms with van der Waals surface area (Å²) >= 11 is 3.38. The maximum Gasteiger partial charge on any atom is 0.349 e. The molecule has 1 unspecified atom stereocenters. The van der Waals surface area contributed by atoms with Crippen LogP contribution in [0.15, 0.2) is 37.9 Å². The lowest BCUT2D eigenvalue weighted by Gasteiger charge is -2.33. The molecule has 110 valence electrons. The number of fused-ring (bicyclic) bond motifs is 1. The molecule has 1 saturated heterocycles. The molecule has 21 heavy (non-hydrogen) atoms. The van der Waals surface area contributed by atoms with E-state index in [1.165, 1.54) is 0 Å². The van der Waals surface area contributed by atoms with Crippen LogP contribution in [0.5, 0.6) is 0 Å². The predicted molar refractivity (Wildman–Crippen MR) is 84.5 cm³/mol. The number of rotatable bonds is 1. The van der Waals surface area contributed by atoms with E-state index in [-0.39, 0.29) is 17.5 Å². The van der Waals surface area contributed by atoms with E-state index in [1.807, 2.05) is 13.0 Å². The number of amides is 1. The minimum atomic E-state index is -0.562. The molecule has 0 aliphatic carbocycles. The number of piperidine rings is 1. The number of nitrogens with zero attached hydrogens (tertiary/aromatic N) is 1. The van der Waals surface area contributed by atoms with Gasteiger partial charge in [0, 0.05) is 22.4 Å². The third kappa shape index (κ3) is 2.75. The maximum atomic E-state index is 12.6. The molecule has 1 aromatic heterocycles. The van der Waals surface area contributed by atoms with E-state index in [0.717, 1.165) is 29.1 Å². The highest BCUT2D eigenvalue weighted by Gasteiger charge is 2.26. The molecule has 1 atom stereocenters. The molecule has 2 heterocycles. The second-order valence-electron chi connectivity index (χ2n) is 5.47. The summed E-state index contributed by atoms with van der Waals surface area (Å²) in [4.78, 5) is 26.5. The summed E-state index contributed by atoms with van der Waals surface area (Å²) in [5.74, 6) is -0.224. The van der Waals surface area contributed by atoms with E-state index in [4.69, 9.17) is 4.42 Å². The highest BCUT2D eigenvalue weighted by molar-refractivity contribution is 9.10. The first-order valence-electron chi connectivity index (χ1n) is 7.10. The molecule has 4 nitrogen and oxygen atoms in total. The van der Waals surface area contributed by atoms with Gasteiger partial charge in [-0.2, -0.15) is 0 Å². The van der Waals surface area contributed by atoms with Crippen molar-refractivity contribution in [2.24, 2.45) is 0 Å². The Morgan fingerprint density at radius 3 is 2.90 bits per heavy atom. The van der Waals surface area contributed by atoms with Crippen LogP contribution in [-0.4, -0.2) is 23.4 Å². The summed E-state index contributed by atoms with van der Waals surface area (Å²) < 4.78 is 6.15. The summed E-state index contributed by atoms with van der Waals surface area (Å²) in [5.41, 5.74) is 0.0494. The number of hydrogen-bond donors (Lipinski definition) is 0. The molecule has 0 spiro atoms. The number of hydrogen-bond acceptors (Lipinski definition) is 3. The second-order valence-corrected chi connectivity index (χ2v) is 6.39. The Morgan fingerprint density at radius 1 is 1.33 bits per heavy atom. The van der Waals surface area contributed by atoms with Crippen molar-refractivity contribution in [3.63, 3.8) is 0 Å². The molecule has 3 rings (SSSR count). The molecule has 1 fully saturated rings. The average Bonchev–Trinajstić information content (AvgIpc) is 2.47. The lowest BCUT2D eigenvalue weighted by molar-refractivity contribution is 0.0631. The lowest BCUT2D eigenvalue weighted by Crippen LogP contribution is -2.43. The van der Waals surface area contributed by atoms with Crippen molar-refractivity contribution in [2.45, 2.75) is 32.2 Å². The van der Waals surface area contributed by atoms with Gasteiger partial charge in [-0.05, 0) is 50.5 Å². The third-order valence-electron chi connectivity index (χ3n) is 3.99. The van der Waals surface area contributed by atoms with Crippen LogP contribution in [-0.2, 0) is 0 Å². The first kappa shape index (κ1) is 14.3. The van der Waals surface area contributed by atoms with E-state index < -0.39 is 5.63 Å². The van der Waals surface area contributed by atoms with Crippen LogP contribution in [0.4, 0.5) is 0 Å². The van der Waals surface area contributed by atoms with Gasteiger partial charge >= 0.3 is 5.63 Å². The van der Waals surface area contributed by atoms with Crippen LogP contribution in [0.2, 0.25) is 0 Å². The Hall–Kier alpha value is -1.62. The van der Waals surface area contributed by atoms with Gasteiger partial charge < -0.3 is 9.32 Å². The standard InChI is InChI=1S/C16H16BrNO3/c1-10-4-2-3-7-18(10)15(19)13-9-11-8-12(17)5-6-14(11)21-16(13)20/h5-6,8-10H,2-4,7H2,1H3. The Morgan fingerprint density at radius 2 is 2.14 bits per heavy atom. The van der Waals surface area contributed by atoms with Crippen molar-refractivity contribution in [3.8, 4) is 0 Å². The first-order valence-corrected chi connectivity index (χ1v) is 7.90. The van der Waals surface area contributed by atoms with E-state index in [9.17, 15) is 9.59 Å². The van der Waals surface area contributed by atoms with E-state index in [0.29, 0.717) is 12.1 Å². The van der Waals surface area contributed by atoms with Crippen molar-refractivity contribution in [1.29, 1.82) is 0 Å². The Balaban J connectivity index is 2.04.